The van der Waals surface area contributed by atoms with E-state index in [-0.39, 0.29) is 17.6 Å². The first kappa shape index (κ1) is 13.1. The lowest BCUT2D eigenvalue weighted by Gasteiger charge is -2.03. The summed E-state index contributed by atoms with van der Waals surface area (Å²) in [6, 6.07) is 7.02. The van der Waals surface area contributed by atoms with Crippen molar-refractivity contribution < 1.29 is 9.21 Å². The standard InChI is InChI=1S/C14H14ClN3O2/c15-9-3-5-10(6-4-9)17-13(19)12-8-20-14(18-12)11-2-1-7-16-11/h3-6,8,11,16H,1-2,7H2,(H,17,19). The topological polar surface area (TPSA) is 67.2 Å². The van der Waals surface area contributed by atoms with Crippen molar-refractivity contribution in [2.75, 3.05) is 11.9 Å². The number of hydrogen-bond acceptors (Lipinski definition) is 4. The van der Waals surface area contributed by atoms with Crippen LogP contribution in [0.25, 0.3) is 0 Å². The van der Waals surface area contributed by atoms with E-state index in [2.05, 4.69) is 15.6 Å². The predicted octanol–water partition coefficient (Wildman–Crippen LogP) is 3.00. The molecule has 1 amide bonds. The van der Waals surface area contributed by atoms with E-state index < -0.39 is 0 Å². The summed E-state index contributed by atoms with van der Waals surface area (Å²) in [6.07, 6.45) is 3.47. The lowest BCUT2D eigenvalue weighted by Crippen LogP contribution is -2.15. The summed E-state index contributed by atoms with van der Waals surface area (Å²) in [6.45, 7) is 0.958. The van der Waals surface area contributed by atoms with Crippen LogP contribution in [0.3, 0.4) is 0 Å². The number of nitrogens with zero attached hydrogens (tertiary/aromatic N) is 1. The normalized spacial score (nSPS) is 18.1. The molecule has 20 heavy (non-hydrogen) atoms. The third-order valence-electron chi connectivity index (χ3n) is 3.22. The zero-order valence-electron chi connectivity index (χ0n) is 10.7. The summed E-state index contributed by atoms with van der Waals surface area (Å²) in [5.41, 5.74) is 0.951. The Hall–Kier alpha value is -1.85. The molecule has 0 spiro atoms. The first-order chi connectivity index (χ1) is 9.72. The third-order valence-corrected chi connectivity index (χ3v) is 3.47. The number of carbonyl (C=O) groups excluding carboxylic acids is 1. The van der Waals surface area contributed by atoms with Gasteiger partial charge in [0.05, 0.1) is 6.04 Å². The van der Waals surface area contributed by atoms with Crippen LogP contribution in [-0.4, -0.2) is 17.4 Å². The zero-order chi connectivity index (χ0) is 13.9. The summed E-state index contributed by atoms with van der Waals surface area (Å²) in [5, 5.41) is 6.65. The Morgan fingerprint density at radius 2 is 2.20 bits per heavy atom. The Labute approximate surface area is 121 Å². The number of anilines is 1. The van der Waals surface area contributed by atoms with E-state index in [0.29, 0.717) is 16.6 Å². The van der Waals surface area contributed by atoms with E-state index in [1.54, 1.807) is 24.3 Å². The smallest absolute Gasteiger partial charge is 0.277 e. The van der Waals surface area contributed by atoms with Crippen LogP contribution in [0.15, 0.2) is 34.9 Å². The van der Waals surface area contributed by atoms with Crippen LogP contribution in [-0.2, 0) is 0 Å². The molecule has 2 aromatic rings. The van der Waals surface area contributed by atoms with Crippen LogP contribution in [0, 0.1) is 0 Å². The number of hydrogen-bond donors (Lipinski definition) is 2. The Balaban J connectivity index is 1.69. The molecular weight excluding hydrogens is 278 g/mol. The van der Waals surface area contributed by atoms with Crippen LogP contribution in [0.5, 0.6) is 0 Å². The fraction of sp³-hybridized carbons (Fsp3) is 0.286. The van der Waals surface area contributed by atoms with E-state index in [4.69, 9.17) is 16.0 Å². The highest BCUT2D eigenvalue weighted by Gasteiger charge is 2.22. The van der Waals surface area contributed by atoms with Crippen molar-refractivity contribution in [3.8, 4) is 0 Å². The second kappa shape index (κ2) is 5.64. The van der Waals surface area contributed by atoms with Crippen molar-refractivity contribution in [2.24, 2.45) is 0 Å². The van der Waals surface area contributed by atoms with Gasteiger partial charge >= 0.3 is 0 Å². The highest BCUT2D eigenvalue weighted by atomic mass is 35.5. The van der Waals surface area contributed by atoms with Gasteiger partial charge in [0.2, 0.25) is 5.89 Å². The monoisotopic (exact) mass is 291 g/mol. The Bertz CT molecular complexity index is 603. The molecular formula is C14H14ClN3O2. The molecule has 1 aliphatic rings. The van der Waals surface area contributed by atoms with Crippen molar-refractivity contribution >= 4 is 23.2 Å². The van der Waals surface area contributed by atoms with Crippen LogP contribution in [0.2, 0.25) is 5.02 Å². The van der Waals surface area contributed by atoms with Crippen molar-refractivity contribution in [1.82, 2.24) is 10.3 Å². The van der Waals surface area contributed by atoms with Gasteiger partial charge in [0, 0.05) is 10.7 Å². The van der Waals surface area contributed by atoms with E-state index in [0.717, 1.165) is 19.4 Å². The third kappa shape index (κ3) is 2.84. The molecule has 1 saturated heterocycles. The number of nitrogens with one attached hydrogen (secondary N) is 2. The molecule has 1 fully saturated rings. The number of carbonyl (C=O) groups is 1. The quantitative estimate of drug-likeness (QED) is 0.912. The molecule has 6 heteroatoms. The van der Waals surface area contributed by atoms with Gasteiger partial charge in [-0.15, -0.1) is 0 Å². The molecule has 5 nitrogen and oxygen atoms in total. The molecule has 0 saturated carbocycles. The molecule has 104 valence electrons. The molecule has 1 aliphatic heterocycles. The summed E-state index contributed by atoms with van der Waals surface area (Å²) in [5.74, 6) is 0.282. The molecule has 3 rings (SSSR count). The molecule has 1 aromatic carbocycles. The number of amides is 1. The second-order valence-corrected chi connectivity index (χ2v) is 5.12. The molecule has 1 aromatic heterocycles. The Kier molecular flexibility index (Phi) is 3.71. The lowest BCUT2D eigenvalue weighted by molar-refractivity contribution is 0.102. The highest BCUT2D eigenvalue weighted by Crippen LogP contribution is 2.22. The van der Waals surface area contributed by atoms with E-state index >= 15 is 0 Å². The van der Waals surface area contributed by atoms with Crippen molar-refractivity contribution in [1.29, 1.82) is 0 Å². The number of aromatic nitrogens is 1. The Morgan fingerprint density at radius 1 is 1.40 bits per heavy atom. The van der Waals surface area contributed by atoms with E-state index in [1.165, 1.54) is 6.26 Å². The van der Waals surface area contributed by atoms with Gasteiger partial charge in [0.25, 0.3) is 5.91 Å². The first-order valence-electron chi connectivity index (χ1n) is 6.48. The number of benzene rings is 1. The van der Waals surface area contributed by atoms with Gasteiger partial charge in [-0.3, -0.25) is 4.79 Å². The molecule has 0 bridgehead atoms. The summed E-state index contributed by atoms with van der Waals surface area (Å²) in [7, 11) is 0. The molecule has 1 atom stereocenters. The van der Waals surface area contributed by atoms with Crippen LogP contribution in [0.1, 0.15) is 35.3 Å². The largest absolute Gasteiger partial charge is 0.446 e. The van der Waals surface area contributed by atoms with Gasteiger partial charge in [-0.1, -0.05) is 11.6 Å². The molecule has 2 heterocycles. The average molecular weight is 292 g/mol. The van der Waals surface area contributed by atoms with Crippen molar-refractivity contribution in [3.63, 3.8) is 0 Å². The maximum atomic E-state index is 12.0. The van der Waals surface area contributed by atoms with Crippen LogP contribution >= 0.6 is 11.6 Å². The number of oxazole rings is 1. The van der Waals surface area contributed by atoms with E-state index in [9.17, 15) is 4.79 Å². The van der Waals surface area contributed by atoms with Crippen molar-refractivity contribution in [3.05, 3.63) is 47.1 Å². The number of rotatable bonds is 3. The SMILES string of the molecule is O=C(Nc1ccc(Cl)cc1)c1coc(C2CCCN2)n1. The lowest BCUT2D eigenvalue weighted by atomic mass is 10.2. The molecule has 2 N–H and O–H groups in total. The molecule has 1 unspecified atom stereocenters. The van der Waals surface area contributed by atoms with Gasteiger partial charge in [0.15, 0.2) is 5.69 Å². The second-order valence-electron chi connectivity index (χ2n) is 4.68. The maximum Gasteiger partial charge on any atom is 0.277 e. The van der Waals surface area contributed by atoms with Crippen molar-refractivity contribution in [2.45, 2.75) is 18.9 Å². The highest BCUT2D eigenvalue weighted by molar-refractivity contribution is 6.30. The van der Waals surface area contributed by atoms with Crippen LogP contribution in [0.4, 0.5) is 5.69 Å². The summed E-state index contributed by atoms with van der Waals surface area (Å²) >= 11 is 5.79. The minimum Gasteiger partial charge on any atom is -0.446 e. The van der Waals surface area contributed by atoms with Gasteiger partial charge in [-0.05, 0) is 43.7 Å². The average Bonchev–Trinajstić information content (AvgIpc) is 3.11. The maximum absolute atomic E-state index is 12.0. The summed E-state index contributed by atoms with van der Waals surface area (Å²) < 4.78 is 5.37. The van der Waals surface area contributed by atoms with E-state index in [1.807, 2.05) is 0 Å². The number of halogens is 1. The minimum absolute atomic E-state index is 0.118. The van der Waals surface area contributed by atoms with Gasteiger partial charge in [-0.2, -0.15) is 0 Å². The Morgan fingerprint density at radius 3 is 2.90 bits per heavy atom. The fourth-order valence-electron chi connectivity index (χ4n) is 2.18. The van der Waals surface area contributed by atoms with Gasteiger partial charge in [0.1, 0.15) is 6.26 Å². The van der Waals surface area contributed by atoms with Crippen LogP contribution < -0.4 is 10.6 Å². The summed E-state index contributed by atoms with van der Waals surface area (Å²) in [4.78, 5) is 16.3. The minimum atomic E-state index is -0.291. The van der Waals surface area contributed by atoms with Gasteiger partial charge < -0.3 is 15.1 Å². The molecule has 0 radical (unpaired) electrons. The predicted molar refractivity (Wildman–Crippen MR) is 75.9 cm³/mol. The zero-order valence-corrected chi connectivity index (χ0v) is 11.5. The molecule has 0 aliphatic carbocycles. The first-order valence-corrected chi connectivity index (χ1v) is 6.86. The fourth-order valence-corrected chi connectivity index (χ4v) is 2.30. The van der Waals surface area contributed by atoms with Gasteiger partial charge in [-0.25, -0.2) is 4.98 Å².